The van der Waals surface area contributed by atoms with E-state index < -0.39 is 0 Å². The minimum absolute atomic E-state index is 0.0813. The molecule has 1 amide bonds. The minimum Gasteiger partial charge on any atom is -0.341 e. The fraction of sp³-hybridized carbons (Fsp3) is 0.278. The minimum atomic E-state index is -0.329. The van der Waals surface area contributed by atoms with E-state index in [4.69, 9.17) is 0 Å². The Morgan fingerprint density at radius 1 is 1.35 bits per heavy atom. The maximum atomic E-state index is 13.7. The van der Waals surface area contributed by atoms with Gasteiger partial charge >= 0.3 is 0 Å². The number of benzene rings is 1. The first-order valence-electron chi connectivity index (χ1n) is 8.09. The molecule has 26 heavy (non-hydrogen) atoms. The largest absolute Gasteiger partial charge is 0.341 e. The molecule has 3 rings (SSSR count). The molecule has 3 aromatic rings. The van der Waals surface area contributed by atoms with Gasteiger partial charge in [-0.3, -0.25) is 14.2 Å². The first kappa shape index (κ1) is 18.6. The molecule has 0 fully saturated rings. The van der Waals surface area contributed by atoms with Gasteiger partial charge in [-0.15, -0.1) is 11.3 Å². The van der Waals surface area contributed by atoms with E-state index in [2.05, 4.69) is 4.98 Å². The Balaban J connectivity index is 1.72. The third kappa shape index (κ3) is 3.81. The van der Waals surface area contributed by atoms with Gasteiger partial charge in [0.1, 0.15) is 10.5 Å². The average Bonchev–Trinajstić information content (AvgIpc) is 3.10. The third-order valence-corrected chi connectivity index (χ3v) is 5.82. The van der Waals surface area contributed by atoms with Gasteiger partial charge in [-0.05, 0) is 24.4 Å². The molecule has 2 aromatic heterocycles. The predicted octanol–water partition coefficient (Wildman–Crippen LogP) is 3.37. The van der Waals surface area contributed by atoms with Crippen LogP contribution in [0.3, 0.4) is 0 Å². The average molecular weight is 391 g/mol. The summed E-state index contributed by atoms with van der Waals surface area (Å²) in [4.78, 5) is 30.9. The Morgan fingerprint density at radius 3 is 2.85 bits per heavy atom. The van der Waals surface area contributed by atoms with Crippen molar-refractivity contribution < 1.29 is 9.18 Å². The van der Waals surface area contributed by atoms with Crippen molar-refractivity contribution in [3.05, 3.63) is 57.4 Å². The molecule has 0 aliphatic heterocycles. The highest BCUT2D eigenvalue weighted by Gasteiger charge is 2.16. The van der Waals surface area contributed by atoms with Crippen LogP contribution in [-0.2, 0) is 17.9 Å². The molecule has 0 bridgehead atoms. The van der Waals surface area contributed by atoms with Crippen LogP contribution in [0.15, 0.2) is 45.7 Å². The number of rotatable bonds is 6. The topological polar surface area (TPSA) is 55.2 Å². The molecule has 136 valence electrons. The summed E-state index contributed by atoms with van der Waals surface area (Å²) in [6, 6.07) is 8.20. The monoisotopic (exact) mass is 391 g/mol. The number of aromatic nitrogens is 2. The Morgan fingerprint density at radius 2 is 2.12 bits per heavy atom. The molecule has 0 radical (unpaired) electrons. The zero-order valence-corrected chi connectivity index (χ0v) is 16.1. The number of nitrogens with zero attached hydrogens (tertiary/aromatic N) is 3. The molecule has 0 aliphatic carbocycles. The lowest BCUT2D eigenvalue weighted by Crippen LogP contribution is -2.29. The number of carbonyl (C=O) groups is 1. The van der Waals surface area contributed by atoms with Gasteiger partial charge in [0.05, 0.1) is 11.3 Å². The summed E-state index contributed by atoms with van der Waals surface area (Å²) in [5, 5.41) is 2.36. The lowest BCUT2D eigenvalue weighted by Gasteiger charge is -2.18. The van der Waals surface area contributed by atoms with E-state index in [0.717, 1.165) is 0 Å². The zero-order chi connectivity index (χ0) is 18.7. The Labute approximate surface area is 158 Å². The molecule has 5 nitrogen and oxygen atoms in total. The normalized spacial score (nSPS) is 11.0. The van der Waals surface area contributed by atoms with Gasteiger partial charge in [0.25, 0.3) is 5.56 Å². The van der Waals surface area contributed by atoms with Crippen LogP contribution in [-0.4, -0.2) is 33.2 Å². The number of thioether (sulfide) groups is 1. The number of amides is 1. The van der Waals surface area contributed by atoms with Crippen molar-refractivity contribution in [2.45, 2.75) is 25.2 Å². The lowest BCUT2D eigenvalue weighted by atomic mass is 10.2. The van der Waals surface area contributed by atoms with E-state index >= 15 is 0 Å². The second-order valence-electron chi connectivity index (χ2n) is 5.71. The SMILES string of the molecule is CCn1c(SCC(=O)N(C)Cc2ccccc2F)nc2ccsc2c1=O. The molecular formula is C18H18FN3O2S2. The second-order valence-corrected chi connectivity index (χ2v) is 7.57. The van der Waals surface area contributed by atoms with Crippen molar-refractivity contribution in [2.75, 3.05) is 12.8 Å². The van der Waals surface area contributed by atoms with Crippen LogP contribution in [0.5, 0.6) is 0 Å². The number of hydrogen-bond donors (Lipinski definition) is 0. The number of fused-ring (bicyclic) bond motifs is 1. The molecule has 0 aliphatic rings. The molecule has 0 saturated heterocycles. The van der Waals surface area contributed by atoms with Crippen molar-refractivity contribution in [1.82, 2.24) is 14.5 Å². The third-order valence-electron chi connectivity index (χ3n) is 3.96. The molecule has 8 heteroatoms. The standard InChI is InChI=1S/C18H18FN3O2S2/c1-3-22-17(24)16-14(8-9-25-16)20-18(22)26-11-15(23)21(2)10-12-6-4-5-7-13(12)19/h4-9H,3,10-11H2,1-2H3. The van der Waals surface area contributed by atoms with E-state index in [9.17, 15) is 14.0 Å². The van der Waals surface area contributed by atoms with E-state index in [1.54, 1.807) is 35.9 Å². The van der Waals surface area contributed by atoms with Crippen LogP contribution in [0.25, 0.3) is 10.2 Å². The summed E-state index contributed by atoms with van der Waals surface area (Å²) >= 11 is 2.60. The highest BCUT2D eigenvalue weighted by molar-refractivity contribution is 7.99. The number of hydrogen-bond acceptors (Lipinski definition) is 5. The van der Waals surface area contributed by atoms with Crippen LogP contribution in [0.1, 0.15) is 12.5 Å². The maximum Gasteiger partial charge on any atom is 0.272 e. The lowest BCUT2D eigenvalue weighted by molar-refractivity contribution is -0.127. The summed E-state index contributed by atoms with van der Waals surface area (Å²) in [6.07, 6.45) is 0. The summed E-state index contributed by atoms with van der Waals surface area (Å²) < 4.78 is 15.9. The van der Waals surface area contributed by atoms with E-state index in [-0.39, 0.29) is 29.6 Å². The summed E-state index contributed by atoms with van der Waals surface area (Å²) in [5.41, 5.74) is 1.04. The number of carbonyl (C=O) groups excluding carboxylic acids is 1. The van der Waals surface area contributed by atoms with Crippen molar-refractivity contribution in [1.29, 1.82) is 0 Å². The summed E-state index contributed by atoms with van der Waals surface area (Å²) in [6.45, 7) is 2.56. The van der Waals surface area contributed by atoms with Crippen LogP contribution < -0.4 is 5.56 Å². The molecule has 0 atom stereocenters. The Hall–Kier alpha value is -2.19. The fourth-order valence-electron chi connectivity index (χ4n) is 2.52. The maximum absolute atomic E-state index is 13.7. The van der Waals surface area contributed by atoms with Crippen molar-refractivity contribution >= 4 is 39.2 Å². The van der Waals surface area contributed by atoms with Crippen LogP contribution in [0.2, 0.25) is 0 Å². The smallest absolute Gasteiger partial charge is 0.272 e. The van der Waals surface area contributed by atoms with Gasteiger partial charge in [-0.1, -0.05) is 30.0 Å². The van der Waals surface area contributed by atoms with Crippen molar-refractivity contribution in [3.8, 4) is 0 Å². The zero-order valence-electron chi connectivity index (χ0n) is 14.4. The van der Waals surface area contributed by atoms with Gasteiger partial charge in [0.2, 0.25) is 5.91 Å². The van der Waals surface area contributed by atoms with Crippen molar-refractivity contribution in [2.24, 2.45) is 0 Å². The quantitative estimate of drug-likeness (QED) is 0.478. The van der Waals surface area contributed by atoms with Gasteiger partial charge in [0, 0.05) is 25.7 Å². The van der Waals surface area contributed by atoms with E-state index in [0.29, 0.717) is 27.5 Å². The second kappa shape index (κ2) is 8.01. The summed E-state index contributed by atoms with van der Waals surface area (Å²) in [7, 11) is 1.64. The fourth-order valence-corrected chi connectivity index (χ4v) is 4.30. The predicted molar refractivity (Wildman–Crippen MR) is 103 cm³/mol. The van der Waals surface area contributed by atoms with Crippen LogP contribution in [0, 0.1) is 5.82 Å². The highest BCUT2D eigenvalue weighted by Crippen LogP contribution is 2.21. The Kier molecular flexibility index (Phi) is 5.73. The summed E-state index contributed by atoms with van der Waals surface area (Å²) in [5.74, 6) is -0.350. The van der Waals surface area contributed by atoms with Gasteiger partial charge in [0.15, 0.2) is 5.16 Å². The van der Waals surface area contributed by atoms with Crippen LogP contribution in [0.4, 0.5) is 4.39 Å². The molecular weight excluding hydrogens is 373 g/mol. The van der Waals surface area contributed by atoms with E-state index in [1.165, 1.54) is 34.1 Å². The number of halogens is 1. The van der Waals surface area contributed by atoms with E-state index in [1.807, 2.05) is 12.3 Å². The van der Waals surface area contributed by atoms with Gasteiger partial charge < -0.3 is 4.90 Å². The highest BCUT2D eigenvalue weighted by atomic mass is 32.2. The van der Waals surface area contributed by atoms with Gasteiger partial charge in [-0.2, -0.15) is 0 Å². The van der Waals surface area contributed by atoms with Crippen molar-refractivity contribution in [3.63, 3.8) is 0 Å². The molecule has 2 heterocycles. The molecule has 0 spiro atoms. The Bertz CT molecular complexity index is 1000. The molecule has 0 N–H and O–H groups in total. The number of thiophene rings is 1. The molecule has 0 saturated carbocycles. The first-order valence-corrected chi connectivity index (χ1v) is 9.96. The van der Waals surface area contributed by atoms with Crippen LogP contribution >= 0.6 is 23.1 Å². The van der Waals surface area contributed by atoms with Gasteiger partial charge in [-0.25, -0.2) is 9.37 Å². The molecule has 0 unspecified atom stereocenters. The first-order chi connectivity index (χ1) is 12.5. The molecule has 1 aromatic carbocycles.